The van der Waals surface area contributed by atoms with Gasteiger partial charge in [0.2, 0.25) is 5.91 Å². The molecule has 0 aromatic heterocycles. The summed E-state index contributed by atoms with van der Waals surface area (Å²) >= 11 is 6.14. The fraction of sp³-hybridized carbons (Fsp3) is 0.571. The van der Waals surface area contributed by atoms with E-state index in [0.29, 0.717) is 10.4 Å². The first-order valence-electron chi connectivity index (χ1n) is 9.27. The van der Waals surface area contributed by atoms with E-state index >= 15 is 0 Å². The molecule has 4 bridgehead atoms. The van der Waals surface area contributed by atoms with Crippen molar-refractivity contribution in [3.05, 3.63) is 40.9 Å². The minimum absolute atomic E-state index is 0.00170. The van der Waals surface area contributed by atoms with Crippen LogP contribution in [0.25, 0.3) is 6.08 Å². The van der Waals surface area contributed by atoms with Gasteiger partial charge in [0.25, 0.3) is 0 Å². The second-order valence-electron chi connectivity index (χ2n) is 8.37. The number of hydrogen-bond donors (Lipinski definition) is 1. The highest BCUT2D eigenvalue weighted by Gasteiger charge is 2.53. The van der Waals surface area contributed by atoms with Crippen LogP contribution >= 0.6 is 11.6 Å². The molecule has 3 heteroatoms. The summed E-state index contributed by atoms with van der Waals surface area (Å²) in [5.74, 6) is 2.73. The Bertz CT molecular complexity index is 630. The van der Waals surface area contributed by atoms with E-state index in [9.17, 15) is 4.79 Å². The highest BCUT2D eigenvalue weighted by Crippen LogP contribution is 2.61. The molecule has 0 radical (unpaired) electrons. The van der Waals surface area contributed by atoms with Gasteiger partial charge in [0, 0.05) is 17.1 Å². The zero-order valence-electron chi connectivity index (χ0n) is 14.3. The maximum absolute atomic E-state index is 12.4. The Kier molecular flexibility index (Phi) is 4.20. The van der Waals surface area contributed by atoms with Crippen LogP contribution in [0.5, 0.6) is 0 Å². The molecule has 0 spiro atoms. The second-order valence-corrected chi connectivity index (χ2v) is 8.77. The molecular formula is C21H26ClNO. The molecule has 1 amide bonds. The normalized spacial score (nSPS) is 35.3. The number of rotatable bonds is 4. The molecule has 0 saturated heterocycles. The third kappa shape index (κ3) is 3.01. The highest BCUT2D eigenvalue weighted by atomic mass is 35.5. The quantitative estimate of drug-likeness (QED) is 0.759. The largest absolute Gasteiger partial charge is 0.350 e. The Morgan fingerprint density at radius 2 is 1.75 bits per heavy atom. The number of halogens is 1. The number of nitrogens with one attached hydrogen (secondary N) is 1. The summed E-state index contributed by atoms with van der Waals surface area (Å²) < 4.78 is 0. The van der Waals surface area contributed by atoms with Crippen LogP contribution < -0.4 is 5.32 Å². The van der Waals surface area contributed by atoms with Gasteiger partial charge in [-0.25, -0.2) is 0 Å². The van der Waals surface area contributed by atoms with Crippen molar-refractivity contribution in [2.24, 2.45) is 23.2 Å². The third-order valence-corrected chi connectivity index (χ3v) is 7.03. The van der Waals surface area contributed by atoms with Crippen molar-refractivity contribution in [1.29, 1.82) is 0 Å². The van der Waals surface area contributed by atoms with Gasteiger partial charge < -0.3 is 5.32 Å². The predicted molar refractivity (Wildman–Crippen MR) is 98.7 cm³/mol. The Hall–Kier alpha value is -1.28. The summed E-state index contributed by atoms with van der Waals surface area (Å²) in [5.41, 5.74) is 1.24. The molecule has 1 unspecified atom stereocenters. The standard InChI is InChI=1S/C21H26ClNO/c1-14(21-11-15-8-16(12-21)10-17(9-15)13-21)23-20(24)7-6-18-4-2-3-5-19(18)22/h2-7,14-17H,8-13H2,1H3,(H,23,24)/b7-6+. The van der Waals surface area contributed by atoms with Crippen LogP contribution in [0.15, 0.2) is 30.3 Å². The van der Waals surface area contributed by atoms with Crippen molar-refractivity contribution in [1.82, 2.24) is 5.32 Å². The fourth-order valence-electron chi connectivity index (χ4n) is 5.90. The highest BCUT2D eigenvalue weighted by molar-refractivity contribution is 6.32. The third-order valence-electron chi connectivity index (χ3n) is 6.68. The van der Waals surface area contributed by atoms with Gasteiger partial charge >= 0.3 is 0 Å². The summed E-state index contributed by atoms with van der Waals surface area (Å²) in [7, 11) is 0. The number of benzene rings is 1. The predicted octanol–water partition coefficient (Wildman–Crippen LogP) is 5.07. The van der Waals surface area contributed by atoms with Gasteiger partial charge in [-0.05, 0) is 86.3 Å². The van der Waals surface area contributed by atoms with Gasteiger partial charge in [0.1, 0.15) is 0 Å². The van der Waals surface area contributed by atoms with Crippen LogP contribution in [0.4, 0.5) is 0 Å². The van der Waals surface area contributed by atoms with Crippen LogP contribution in [0.3, 0.4) is 0 Å². The Morgan fingerprint density at radius 1 is 1.17 bits per heavy atom. The summed E-state index contributed by atoms with van der Waals surface area (Å²) in [5, 5.41) is 3.93. The van der Waals surface area contributed by atoms with E-state index in [1.165, 1.54) is 38.5 Å². The van der Waals surface area contributed by atoms with Crippen molar-refractivity contribution in [3.63, 3.8) is 0 Å². The summed E-state index contributed by atoms with van der Waals surface area (Å²) in [6.07, 6.45) is 11.7. The lowest BCUT2D eigenvalue weighted by atomic mass is 9.48. The first kappa shape index (κ1) is 16.2. The van der Waals surface area contributed by atoms with Crippen molar-refractivity contribution in [2.75, 3.05) is 0 Å². The minimum Gasteiger partial charge on any atom is -0.350 e. The molecule has 24 heavy (non-hydrogen) atoms. The molecule has 5 rings (SSSR count). The summed E-state index contributed by atoms with van der Waals surface area (Å²) in [6.45, 7) is 2.22. The zero-order valence-corrected chi connectivity index (χ0v) is 15.1. The minimum atomic E-state index is -0.00170. The van der Waals surface area contributed by atoms with E-state index in [4.69, 9.17) is 11.6 Å². The van der Waals surface area contributed by atoms with Crippen LogP contribution in [0.2, 0.25) is 5.02 Å². The lowest BCUT2D eigenvalue weighted by molar-refractivity contribution is -0.121. The van der Waals surface area contributed by atoms with E-state index in [0.717, 1.165) is 23.3 Å². The Morgan fingerprint density at radius 3 is 2.33 bits per heavy atom. The molecule has 1 N–H and O–H groups in total. The topological polar surface area (TPSA) is 29.1 Å². The van der Waals surface area contributed by atoms with Crippen LogP contribution in [-0.4, -0.2) is 11.9 Å². The van der Waals surface area contributed by atoms with Crippen LogP contribution in [0.1, 0.15) is 51.0 Å². The van der Waals surface area contributed by atoms with Crippen molar-refractivity contribution >= 4 is 23.6 Å². The SMILES string of the molecule is CC(NC(=O)/C=C/c1ccccc1Cl)C12CC3CC(CC(C3)C1)C2. The first-order valence-corrected chi connectivity index (χ1v) is 9.65. The monoisotopic (exact) mass is 343 g/mol. The molecule has 1 aromatic carbocycles. The molecule has 0 aliphatic heterocycles. The molecule has 4 fully saturated rings. The molecule has 4 saturated carbocycles. The summed E-state index contributed by atoms with van der Waals surface area (Å²) in [4.78, 5) is 12.4. The van der Waals surface area contributed by atoms with E-state index in [1.807, 2.05) is 30.3 Å². The van der Waals surface area contributed by atoms with Gasteiger partial charge in [0.05, 0.1) is 0 Å². The lowest BCUT2D eigenvalue weighted by Crippen LogP contribution is -2.55. The zero-order chi connectivity index (χ0) is 16.7. The number of carbonyl (C=O) groups excluding carboxylic acids is 1. The molecule has 4 aliphatic carbocycles. The smallest absolute Gasteiger partial charge is 0.244 e. The van der Waals surface area contributed by atoms with Crippen molar-refractivity contribution in [2.45, 2.75) is 51.5 Å². The second kappa shape index (κ2) is 6.22. The Balaban J connectivity index is 1.42. The molecule has 1 atom stereocenters. The maximum Gasteiger partial charge on any atom is 0.244 e. The summed E-state index contributed by atoms with van der Waals surface area (Å²) in [6, 6.07) is 7.86. The molecule has 2 nitrogen and oxygen atoms in total. The lowest BCUT2D eigenvalue weighted by Gasteiger charge is -2.59. The Labute approximate surface area is 149 Å². The molecule has 0 heterocycles. The van der Waals surface area contributed by atoms with Gasteiger partial charge in [0.15, 0.2) is 0 Å². The van der Waals surface area contributed by atoms with Gasteiger partial charge in [-0.15, -0.1) is 0 Å². The molecule has 1 aromatic rings. The first-order chi connectivity index (χ1) is 11.5. The number of carbonyl (C=O) groups is 1. The van der Waals surface area contributed by atoms with Crippen LogP contribution in [0, 0.1) is 23.2 Å². The van der Waals surface area contributed by atoms with E-state index in [-0.39, 0.29) is 11.9 Å². The van der Waals surface area contributed by atoms with Gasteiger partial charge in [-0.2, -0.15) is 0 Å². The molecule has 4 aliphatic rings. The average molecular weight is 344 g/mol. The van der Waals surface area contributed by atoms with Gasteiger partial charge in [-0.1, -0.05) is 29.8 Å². The van der Waals surface area contributed by atoms with E-state index in [1.54, 1.807) is 6.08 Å². The van der Waals surface area contributed by atoms with Crippen molar-refractivity contribution < 1.29 is 4.79 Å². The molecule has 128 valence electrons. The average Bonchev–Trinajstić information content (AvgIpc) is 2.53. The number of amides is 1. The van der Waals surface area contributed by atoms with E-state index < -0.39 is 0 Å². The van der Waals surface area contributed by atoms with Crippen molar-refractivity contribution in [3.8, 4) is 0 Å². The van der Waals surface area contributed by atoms with Crippen LogP contribution in [-0.2, 0) is 4.79 Å². The van der Waals surface area contributed by atoms with E-state index in [2.05, 4.69) is 12.2 Å². The maximum atomic E-state index is 12.4. The molecular weight excluding hydrogens is 318 g/mol. The number of hydrogen-bond acceptors (Lipinski definition) is 1. The van der Waals surface area contributed by atoms with Gasteiger partial charge in [-0.3, -0.25) is 4.79 Å². The fourth-order valence-corrected chi connectivity index (χ4v) is 6.10.